The lowest BCUT2D eigenvalue weighted by atomic mass is 10.2. The topological polar surface area (TPSA) is 37.3 Å². The number of hydrogen-bond acceptors (Lipinski definition) is 1. The third kappa shape index (κ3) is 16.4. The molecule has 0 fully saturated rings. The van der Waals surface area contributed by atoms with E-state index in [1.807, 2.05) is 0 Å². The van der Waals surface area contributed by atoms with Crippen LogP contribution in [-0.2, 0) is 4.79 Å². The van der Waals surface area contributed by atoms with Gasteiger partial charge in [-0.05, 0) is 44.9 Å². The predicted molar refractivity (Wildman–Crippen MR) is 86.8 cm³/mol. The van der Waals surface area contributed by atoms with Crippen LogP contribution in [0.1, 0.15) is 58.3 Å². The van der Waals surface area contributed by atoms with E-state index < -0.39 is 5.97 Å². The van der Waals surface area contributed by atoms with E-state index in [0.29, 0.717) is 0 Å². The number of unbranched alkanes of at least 4 members (excludes halogenated alkanes) is 2. The van der Waals surface area contributed by atoms with Crippen molar-refractivity contribution < 1.29 is 9.90 Å². The quantitative estimate of drug-likeness (QED) is 0.381. The van der Waals surface area contributed by atoms with E-state index in [4.69, 9.17) is 5.11 Å². The zero-order chi connectivity index (χ0) is 14.9. The van der Waals surface area contributed by atoms with Crippen molar-refractivity contribution in [1.29, 1.82) is 0 Å². The Kier molecular flexibility index (Phi) is 14.3. The minimum atomic E-state index is -0.712. The number of carbonyl (C=O) groups is 1. The van der Waals surface area contributed by atoms with Crippen LogP contribution in [0.5, 0.6) is 0 Å². The van der Waals surface area contributed by atoms with Crippen molar-refractivity contribution >= 4 is 5.97 Å². The van der Waals surface area contributed by atoms with Crippen molar-refractivity contribution in [2.45, 2.75) is 58.3 Å². The minimum Gasteiger partial charge on any atom is -0.481 e. The van der Waals surface area contributed by atoms with Gasteiger partial charge in [-0.3, -0.25) is 4.79 Å². The average molecular weight is 276 g/mol. The summed E-state index contributed by atoms with van der Waals surface area (Å²) in [7, 11) is 0. The molecule has 112 valence electrons. The van der Waals surface area contributed by atoms with Gasteiger partial charge in [0.2, 0.25) is 0 Å². The molecule has 0 aliphatic heterocycles. The SMILES string of the molecule is CCC=CCC=CCCC=CCC=CCCCC(=O)O. The molecule has 0 aromatic rings. The Balaban J connectivity index is 3.37. The lowest BCUT2D eigenvalue weighted by Gasteiger charge is -1.90. The molecule has 0 unspecified atom stereocenters. The van der Waals surface area contributed by atoms with Gasteiger partial charge in [-0.2, -0.15) is 0 Å². The molecule has 0 amide bonds. The summed E-state index contributed by atoms with van der Waals surface area (Å²) < 4.78 is 0. The first-order chi connectivity index (χ1) is 9.77. The average Bonchev–Trinajstić information content (AvgIpc) is 2.43. The Morgan fingerprint density at radius 3 is 1.80 bits per heavy atom. The zero-order valence-electron chi connectivity index (χ0n) is 12.6. The molecule has 2 nitrogen and oxygen atoms in total. The van der Waals surface area contributed by atoms with Crippen LogP contribution in [0.2, 0.25) is 0 Å². The van der Waals surface area contributed by atoms with E-state index in [9.17, 15) is 4.79 Å². The van der Waals surface area contributed by atoms with Gasteiger partial charge in [0, 0.05) is 6.42 Å². The van der Waals surface area contributed by atoms with Gasteiger partial charge in [0.1, 0.15) is 0 Å². The molecule has 0 bridgehead atoms. The van der Waals surface area contributed by atoms with Crippen molar-refractivity contribution in [1.82, 2.24) is 0 Å². The van der Waals surface area contributed by atoms with E-state index in [1.165, 1.54) is 0 Å². The molecule has 0 atom stereocenters. The standard InChI is InChI=1S/C18H28O2/c1-2-3-4-5-6-7-8-9-10-11-12-13-14-15-16-17-18(19)20/h3-4,6-7,10-11,13-14H,2,5,8-9,12,15-17H2,1H3,(H,19,20). The second-order valence-electron chi connectivity index (χ2n) is 4.63. The molecule has 0 saturated carbocycles. The molecule has 0 aliphatic carbocycles. The number of carboxylic acids is 1. The summed E-state index contributed by atoms with van der Waals surface area (Å²) in [6.45, 7) is 2.14. The maximum absolute atomic E-state index is 10.3. The highest BCUT2D eigenvalue weighted by molar-refractivity contribution is 5.66. The lowest BCUT2D eigenvalue weighted by molar-refractivity contribution is -0.137. The van der Waals surface area contributed by atoms with E-state index >= 15 is 0 Å². The maximum atomic E-state index is 10.3. The molecule has 1 N–H and O–H groups in total. The van der Waals surface area contributed by atoms with Crippen LogP contribution >= 0.6 is 0 Å². The fourth-order valence-corrected chi connectivity index (χ4v) is 1.63. The summed E-state index contributed by atoms with van der Waals surface area (Å²) >= 11 is 0. The third-order valence-electron chi connectivity index (χ3n) is 2.71. The van der Waals surface area contributed by atoms with Gasteiger partial charge in [-0.15, -0.1) is 0 Å². The fourth-order valence-electron chi connectivity index (χ4n) is 1.63. The number of hydrogen-bond donors (Lipinski definition) is 1. The summed E-state index contributed by atoms with van der Waals surface area (Å²) in [5.74, 6) is -0.712. The largest absolute Gasteiger partial charge is 0.481 e. The lowest BCUT2D eigenvalue weighted by Crippen LogP contribution is -1.92. The molecule has 2 heteroatoms. The molecular weight excluding hydrogens is 248 g/mol. The van der Waals surface area contributed by atoms with Crippen LogP contribution in [0, 0.1) is 0 Å². The number of allylic oxidation sites excluding steroid dienone is 8. The Labute approximate surface area is 123 Å². The first-order valence-corrected chi connectivity index (χ1v) is 7.59. The zero-order valence-corrected chi connectivity index (χ0v) is 12.6. The summed E-state index contributed by atoms with van der Waals surface area (Å²) in [5.41, 5.74) is 0. The molecule has 0 rings (SSSR count). The molecule has 0 aromatic heterocycles. The van der Waals surface area contributed by atoms with Gasteiger partial charge in [0.05, 0.1) is 0 Å². The molecule has 0 spiro atoms. The van der Waals surface area contributed by atoms with Gasteiger partial charge in [-0.1, -0.05) is 55.5 Å². The van der Waals surface area contributed by atoms with Crippen LogP contribution in [0.25, 0.3) is 0 Å². The Morgan fingerprint density at radius 1 is 0.800 bits per heavy atom. The van der Waals surface area contributed by atoms with Crippen LogP contribution in [0.3, 0.4) is 0 Å². The highest BCUT2D eigenvalue weighted by Gasteiger charge is 1.92. The molecule has 0 saturated heterocycles. The van der Waals surface area contributed by atoms with Crippen molar-refractivity contribution in [3.63, 3.8) is 0 Å². The summed E-state index contributed by atoms with van der Waals surface area (Å²) in [6, 6.07) is 0. The van der Waals surface area contributed by atoms with Crippen LogP contribution in [-0.4, -0.2) is 11.1 Å². The maximum Gasteiger partial charge on any atom is 0.303 e. The minimum absolute atomic E-state index is 0.264. The van der Waals surface area contributed by atoms with Crippen LogP contribution in [0.4, 0.5) is 0 Å². The van der Waals surface area contributed by atoms with E-state index in [2.05, 4.69) is 55.5 Å². The summed E-state index contributed by atoms with van der Waals surface area (Å²) in [6.07, 6.45) is 24.5. The van der Waals surface area contributed by atoms with Gasteiger partial charge in [0.25, 0.3) is 0 Å². The van der Waals surface area contributed by atoms with Crippen molar-refractivity contribution in [3.05, 3.63) is 48.6 Å². The first kappa shape index (κ1) is 18.4. The molecule has 20 heavy (non-hydrogen) atoms. The van der Waals surface area contributed by atoms with E-state index in [1.54, 1.807) is 0 Å². The second-order valence-corrected chi connectivity index (χ2v) is 4.63. The molecular formula is C18H28O2. The second kappa shape index (κ2) is 15.5. The molecule has 0 radical (unpaired) electrons. The molecule has 0 aliphatic rings. The summed E-state index contributed by atoms with van der Waals surface area (Å²) in [5, 5.41) is 8.47. The molecule has 0 heterocycles. The van der Waals surface area contributed by atoms with Gasteiger partial charge in [0.15, 0.2) is 0 Å². The smallest absolute Gasteiger partial charge is 0.303 e. The van der Waals surface area contributed by atoms with E-state index in [-0.39, 0.29) is 6.42 Å². The number of rotatable bonds is 12. The van der Waals surface area contributed by atoms with Gasteiger partial charge >= 0.3 is 5.97 Å². The van der Waals surface area contributed by atoms with Crippen LogP contribution in [0.15, 0.2) is 48.6 Å². The Morgan fingerprint density at radius 2 is 1.30 bits per heavy atom. The number of carboxylic acid groups (broad SMARTS) is 1. The van der Waals surface area contributed by atoms with Crippen LogP contribution < -0.4 is 0 Å². The highest BCUT2D eigenvalue weighted by atomic mass is 16.4. The summed E-state index contributed by atoms with van der Waals surface area (Å²) in [4.78, 5) is 10.3. The number of aliphatic carboxylic acids is 1. The fraction of sp³-hybridized carbons (Fsp3) is 0.500. The Bertz CT molecular complexity index is 335. The predicted octanol–water partition coefficient (Wildman–Crippen LogP) is 5.44. The normalized spacial score (nSPS) is 12.4. The Hall–Kier alpha value is -1.57. The van der Waals surface area contributed by atoms with E-state index in [0.717, 1.165) is 44.9 Å². The van der Waals surface area contributed by atoms with Gasteiger partial charge in [-0.25, -0.2) is 0 Å². The van der Waals surface area contributed by atoms with Crippen molar-refractivity contribution in [2.24, 2.45) is 0 Å². The third-order valence-corrected chi connectivity index (χ3v) is 2.71. The van der Waals surface area contributed by atoms with Gasteiger partial charge < -0.3 is 5.11 Å². The highest BCUT2D eigenvalue weighted by Crippen LogP contribution is 2.00. The van der Waals surface area contributed by atoms with Crippen molar-refractivity contribution in [3.8, 4) is 0 Å². The molecule has 0 aromatic carbocycles. The monoisotopic (exact) mass is 276 g/mol. The first-order valence-electron chi connectivity index (χ1n) is 7.59. The van der Waals surface area contributed by atoms with Crippen molar-refractivity contribution in [2.75, 3.05) is 0 Å².